The van der Waals surface area contributed by atoms with Crippen LogP contribution in [0, 0.1) is 5.92 Å². The maximum Gasteiger partial charge on any atom is 0.333 e. The average molecular weight is 282 g/mol. The summed E-state index contributed by atoms with van der Waals surface area (Å²) in [6, 6.07) is 0. The van der Waals surface area contributed by atoms with E-state index in [4.69, 9.17) is 9.47 Å². The van der Waals surface area contributed by atoms with Crippen molar-refractivity contribution in [2.45, 2.75) is 53.1 Å². The molecule has 20 heavy (non-hydrogen) atoms. The van der Waals surface area contributed by atoms with Crippen LogP contribution in [-0.2, 0) is 19.1 Å². The molecule has 0 bridgehead atoms. The lowest BCUT2D eigenvalue weighted by atomic mass is 9.96. The molecule has 4 nitrogen and oxygen atoms in total. The van der Waals surface area contributed by atoms with Gasteiger partial charge in [0, 0.05) is 17.1 Å². The Hall–Kier alpha value is -1.58. The Bertz CT molecular complexity index is 371. The number of ether oxygens (including phenoxy) is 2. The second kappa shape index (κ2) is 9.34. The van der Waals surface area contributed by atoms with Crippen molar-refractivity contribution in [3.63, 3.8) is 0 Å². The summed E-state index contributed by atoms with van der Waals surface area (Å²) in [5.74, 6) is -0.820. The highest BCUT2D eigenvalue weighted by Gasteiger charge is 2.25. The zero-order valence-corrected chi connectivity index (χ0v) is 13.0. The van der Waals surface area contributed by atoms with Gasteiger partial charge < -0.3 is 9.47 Å². The third-order valence-corrected chi connectivity index (χ3v) is 3.01. The summed E-state index contributed by atoms with van der Waals surface area (Å²) in [5, 5.41) is 0. The molecule has 0 aromatic heterocycles. The minimum atomic E-state index is -0.412. The van der Waals surface area contributed by atoms with E-state index < -0.39 is 11.9 Å². The van der Waals surface area contributed by atoms with Crippen molar-refractivity contribution < 1.29 is 19.1 Å². The van der Waals surface area contributed by atoms with Crippen LogP contribution in [0.25, 0.3) is 0 Å². The summed E-state index contributed by atoms with van der Waals surface area (Å²) in [6.45, 7) is 14.6. The Labute approximate surface area is 121 Å². The maximum atomic E-state index is 11.7. The number of esters is 2. The van der Waals surface area contributed by atoms with Gasteiger partial charge in [-0.3, -0.25) is 0 Å². The van der Waals surface area contributed by atoms with Gasteiger partial charge in [-0.2, -0.15) is 0 Å². The molecule has 2 unspecified atom stereocenters. The Balaban J connectivity index is 4.66. The predicted octanol–water partition coefficient (Wildman–Crippen LogP) is 3.42. The van der Waals surface area contributed by atoms with Gasteiger partial charge in [-0.05, 0) is 26.7 Å². The monoisotopic (exact) mass is 282 g/mol. The van der Waals surface area contributed by atoms with E-state index in [9.17, 15) is 9.59 Å². The molecule has 0 N–H and O–H groups in total. The standard InChI is InChI=1S/C16H26O4/c1-7-9-14(20-16(18)12(5)6)13(8-2)10-19-15(17)11(3)4/h13-14H,3,5,7-10H2,1-2,4,6H3. The molecule has 0 amide bonds. The molecule has 114 valence electrons. The lowest BCUT2D eigenvalue weighted by molar-refractivity contribution is -0.151. The molecule has 0 heterocycles. The Morgan fingerprint density at radius 1 is 1.05 bits per heavy atom. The van der Waals surface area contributed by atoms with Crippen molar-refractivity contribution in [3.8, 4) is 0 Å². The van der Waals surface area contributed by atoms with Gasteiger partial charge in [0.2, 0.25) is 0 Å². The molecule has 2 atom stereocenters. The molecule has 0 fully saturated rings. The second-order valence-corrected chi connectivity index (χ2v) is 5.06. The molecule has 0 rings (SSSR count). The SMILES string of the molecule is C=C(C)C(=O)OCC(CC)C(CCC)OC(=O)C(=C)C. The smallest absolute Gasteiger partial charge is 0.333 e. The molecule has 0 aromatic carbocycles. The van der Waals surface area contributed by atoms with Crippen molar-refractivity contribution in [2.75, 3.05) is 6.61 Å². The first kappa shape index (κ1) is 18.4. The van der Waals surface area contributed by atoms with E-state index in [1.165, 1.54) is 0 Å². The minimum absolute atomic E-state index is 0.0125. The van der Waals surface area contributed by atoms with Crippen LogP contribution in [-0.4, -0.2) is 24.6 Å². The zero-order valence-electron chi connectivity index (χ0n) is 13.0. The van der Waals surface area contributed by atoms with Crippen LogP contribution >= 0.6 is 0 Å². The highest BCUT2D eigenvalue weighted by Crippen LogP contribution is 2.19. The van der Waals surface area contributed by atoms with Crippen molar-refractivity contribution in [3.05, 3.63) is 24.3 Å². The number of carbonyl (C=O) groups is 2. The van der Waals surface area contributed by atoms with Crippen molar-refractivity contribution in [1.29, 1.82) is 0 Å². The van der Waals surface area contributed by atoms with Crippen LogP contribution in [0.2, 0.25) is 0 Å². The third kappa shape index (κ3) is 6.55. The molecule has 0 aliphatic heterocycles. The zero-order chi connectivity index (χ0) is 15.7. The van der Waals surface area contributed by atoms with Crippen molar-refractivity contribution >= 4 is 11.9 Å². The molecule has 4 heteroatoms. The molecule has 0 saturated heterocycles. The number of carbonyl (C=O) groups excluding carboxylic acids is 2. The first-order chi connectivity index (χ1) is 9.33. The van der Waals surface area contributed by atoms with Crippen LogP contribution in [0.4, 0.5) is 0 Å². The summed E-state index contributed by atoms with van der Waals surface area (Å²) < 4.78 is 10.6. The van der Waals surface area contributed by atoms with Gasteiger partial charge in [0.1, 0.15) is 6.10 Å². The molecule has 0 saturated carbocycles. The van der Waals surface area contributed by atoms with Crippen molar-refractivity contribution in [2.24, 2.45) is 5.92 Å². The van der Waals surface area contributed by atoms with Crippen LogP contribution < -0.4 is 0 Å². The van der Waals surface area contributed by atoms with Crippen LogP contribution in [0.3, 0.4) is 0 Å². The lowest BCUT2D eigenvalue weighted by Crippen LogP contribution is -2.31. The first-order valence-corrected chi connectivity index (χ1v) is 7.02. The molecular weight excluding hydrogens is 256 g/mol. The number of hydrogen-bond donors (Lipinski definition) is 0. The van der Waals surface area contributed by atoms with Crippen LogP contribution in [0.5, 0.6) is 0 Å². The fraction of sp³-hybridized carbons (Fsp3) is 0.625. The normalized spacial score (nSPS) is 13.2. The van der Waals surface area contributed by atoms with Gasteiger partial charge in [-0.1, -0.05) is 33.4 Å². The first-order valence-electron chi connectivity index (χ1n) is 7.02. The summed E-state index contributed by atoms with van der Waals surface area (Å²) in [7, 11) is 0. The largest absolute Gasteiger partial charge is 0.462 e. The van der Waals surface area contributed by atoms with E-state index in [1.54, 1.807) is 13.8 Å². The van der Waals surface area contributed by atoms with Crippen LogP contribution in [0.15, 0.2) is 24.3 Å². The molecular formula is C16H26O4. The highest BCUT2D eigenvalue weighted by molar-refractivity contribution is 5.87. The summed E-state index contributed by atoms with van der Waals surface area (Å²) in [6.07, 6.45) is 2.13. The Kier molecular flexibility index (Phi) is 8.61. The van der Waals surface area contributed by atoms with E-state index >= 15 is 0 Å². The summed E-state index contributed by atoms with van der Waals surface area (Å²) in [4.78, 5) is 23.1. The third-order valence-electron chi connectivity index (χ3n) is 3.01. The topological polar surface area (TPSA) is 52.6 Å². The van der Waals surface area contributed by atoms with E-state index in [2.05, 4.69) is 13.2 Å². The number of hydrogen-bond acceptors (Lipinski definition) is 4. The Morgan fingerprint density at radius 3 is 2.00 bits per heavy atom. The maximum absolute atomic E-state index is 11.7. The van der Waals surface area contributed by atoms with E-state index in [1.807, 2.05) is 13.8 Å². The van der Waals surface area contributed by atoms with Gasteiger partial charge in [0.25, 0.3) is 0 Å². The fourth-order valence-corrected chi connectivity index (χ4v) is 1.71. The van der Waals surface area contributed by atoms with Gasteiger partial charge >= 0.3 is 11.9 Å². The molecule has 0 spiro atoms. The quantitative estimate of drug-likeness (QED) is 0.480. The number of rotatable bonds is 9. The molecule has 0 radical (unpaired) electrons. The molecule has 0 aromatic rings. The van der Waals surface area contributed by atoms with E-state index in [-0.39, 0.29) is 18.6 Å². The van der Waals surface area contributed by atoms with Gasteiger partial charge in [-0.15, -0.1) is 0 Å². The van der Waals surface area contributed by atoms with Gasteiger partial charge in [0.15, 0.2) is 0 Å². The van der Waals surface area contributed by atoms with E-state index in [0.29, 0.717) is 11.1 Å². The second-order valence-electron chi connectivity index (χ2n) is 5.06. The van der Waals surface area contributed by atoms with Crippen LogP contribution in [0.1, 0.15) is 47.0 Å². The minimum Gasteiger partial charge on any atom is -0.462 e. The van der Waals surface area contributed by atoms with Crippen molar-refractivity contribution in [1.82, 2.24) is 0 Å². The predicted molar refractivity (Wildman–Crippen MR) is 79.2 cm³/mol. The van der Waals surface area contributed by atoms with Gasteiger partial charge in [-0.25, -0.2) is 9.59 Å². The fourth-order valence-electron chi connectivity index (χ4n) is 1.71. The van der Waals surface area contributed by atoms with E-state index in [0.717, 1.165) is 19.3 Å². The average Bonchev–Trinajstić information content (AvgIpc) is 2.38. The summed E-state index contributed by atoms with van der Waals surface area (Å²) in [5.41, 5.74) is 0.741. The summed E-state index contributed by atoms with van der Waals surface area (Å²) >= 11 is 0. The molecule has 0 aliphatic rings. The Morgan fingerprint density at radius 2 is 1.60 bits per heavy atom. The highest BCUT2D eigenvalue weighted by atomic mass is 16.6. The molecule has 0 aliphatic carbocycles. The van der Waals surface area contributed by atoms with Gasteiger partial charge in [0.05, 0.1) is 6.61 Å². The lowest BCUT2D eigenvalue weighted by Gasteiger charge is -2.25.